The van der Waals surface area contributed by atoms with Crippen molar-refractivity contribution in [2.45, 2.75) is 6.67 Å². The van der Waals surface area contributed by atoms with Crippen LogP contribution in [-0.2, 0) is 6.67 Å². The molecule has 9 heavy (non-hydrogen) atoms. The van der Waals surface area contributed by atoms with Gasteiger partial charge in [-0.2, -0.15) is 4.57 Å². The topological polar surface area (TPSA) is 15.9 Å². The van der Waals surface area contributed by atoms with E-state index < -0.39 is 0 Å². The van der Waals surface area contributed by atoms with Gasteiger partial charge in [-0.15, -0.1) is 0 Å². The number of rotatable bonds is 2. The molecule has 1 N–H and O–H groups in total. The maximum Gasteiger partial charge on any atom is 0.201 e. The number of hydrogen-bond donors (Lipinski definition) is 1. The van der Waals surface area contributed by atoms with E-state index >= 15 is 0 Å². The van der Waals surface area contributed by atoms with Gasteiger partial charge in [0.1, 0.15) is 0 Å². The fraction of sp³-hybridized carbons (Fsp3) is 0.286. The Bertz CT molecular complexity index is 160. The van der Waals surface area contributed by atoms with Crippen molar-refractivity contribution in [3.05, 3.63) is 30.6 Å². The standard InChI is InChI=1S/C7H11N2/c1-8-7-9-5-3-2-4-6-9/h2-6,8H,7H2,1H3/q+1. The zero-order valence-electron chi connectivity index (χ0n) is 5.54. The molecule has 1 aromatic heterocycles. The highest BCUT2D eigenvalue weighted by atomic mass is 15.1. The molecular formula is C7H11N2+. The summed E-state index contributed by atoms with van der Waals surface area (Å²) in [5.74, 6) is 0. The average molecular weight is 123 g/mol. The first-order chi connectivity index (χ1) is 4.43. The van der Waals surface area contributed by atoms with Crippen LogP contribution in [0, 0.1) is 0 Å². The highest BCUT2D eigenvalue weighted by Gasteiger charge is 1.89. The molecule has 2 heteroatoms. The summed E-state index contributed by atoms with van der Waals surface area (Å²) in [7, 11) is 1.93. The number of nitrogens with zero attached hydrogens (tertiary/aromatic N) is 1. The van der Waals surface area contributed by atoms with Crippen molar-refractivity contribution < 1.29 is 4.57 Å². The lowest BCUT2D eigenvalue weighted by Crippen LogP contribution is -2.38. The van der Waals surface area contributed by atoms with Crippen LogP contribution < -0.4 is 9.88 Å². The Labute approximate surface area is 55.1 Å². The highest BCUT2D eigenvalue weighted by Crippen LogP contribution is 1.73. The van der Waals surface area contributed by atoms with E-state index in [0.29, 0.717) is 0 Å². The maximum atomic E-state index is 3.05. The Morgan fingerprint density at radius 3 is 2.44 bits per heavy atom. The van der Waals surface area contributed by atoms with E-state index in [2.05, 4.69) is 9.88 Å². The zero-order valence-corrected chi connectivity index (χ0v) is 5.54. The van der Waals surface area contributed by atoms with Gasteiger partial charge in [-0.3, -0.25) is 5.32 Å². The highest BCUT2D eigenvalue weighted by molar-refractivity contribution is 4.83. The van der Waals surface area contributed by atoms with Gasteiger partial charge >= 0.3 is 0 Å². The summed E-state index contributed by atoms with van der Waals surface area (Å²) in [6.45, 7) is 0.876. The van der Waals surface area contributed by atoms with Gasteiger partial charge in [0.15, 0.2) is 12.4 Å². The first-order valence-electron chi connectivity index (χ1n) is 3.02. The van der Waals surface area contributed by atoms with Crippen LogP contribution in [0.4, 0.5) is 0 Å². The van der Waals surface area contributed by atoms with Gasteiger partial charge in [-0.1, -0.05) is 6.07 Å². The third-order valence-corrected chi connectivity index (χ3v) is 1.12. The van der Waals surface area contributed by atoms with Crippen molar-refractivity contribution >= 4 is 0 Å². The lowest BCUT2D eigenvalue weighted by molar-refractivity contribution is -0.701. The number of aromatic nitrogens is 1. The Hall–Kier alpha value is -0.890. The number of pyridine rings is 1. The largest absolute Gasteiger partial charge is 0.265 e. The Morgan fingerprint density at radius 1 is 1.22 bits per heavy atom. The van der Waals surface area contributed by atoms with Gasteiger partial charge < -0.3 is 0 Å². The minimum Gasteiger partial charge on any atom is -0.265 e. The molecule has 0 unspecified atom stereocenters. The summed E-state index contributed by atoms with van der Waals surface area (Å²) in [4.78, 5) is 0. The van der Waals surface area contributed by atoms with Crippen LogP contribution in [0.25, 0.3) is 0 Å². The molecule has 0 bridgehead atoms. The number of nitrogens with one attached hydrogen (secondary N) is 1. The Kier molecular flexibility index (Phi) is 2.22. The molecule has 0 fully saturated rings. The Morgan fingerprint density at radius 2 is 1.89 bits per heavy atom. The molecule has 48 valence electrons. The molecule has 0 spiro atoms. The van der Waals surface area contributed by atoms with Gasteiger partial charge in [0, 0.05) is 12.1 Å². The summed E-state index contributed by atoms with van der Waals surface area (Å²) in [6.07, 6.45) is 4.05. The van der Waals surface area contributed by atoms with Crippen molar-refractivity contribution in [1.82, 2.24) is 5.32 Å². The van der Waals surface area contributed by atoms with Crippen molar-refractivity contribution in [2.75, 3.05) is 7.05 Å². The molecule has 0 aliphatic heterocycles. The van der Waals surface area contributed by atoms with Crippen LogP contribution in [0.1, 0.15) is 0 Å². The lowest BCUT2D eigenvalue weighted by atomic mass is 10.5. The average Bonchev–Trinajstić information content (AvgIpc) is 1.91. The molecule has 0 saturated carbocycles. The van der Waals surface area contributed by atoms with E-state index in [4.69, 9.17) is 0 Å². The molecule has 1 rings (SSSR count). The third kappa shape index (κ3) is 1.82. The fourth-order valence-electron chi connectivity index (χ4n) is 0.722. The normalized spacial score (nSPS) is 9.44. The predicted octanol–water partition coefficient (Wildman–Crippen LogP) is 0.151. The van der Waals surface area contributed by atoms with Crippen molar-refractivity contribution in [2.24, 2.45) is 0 Å². The van der Waals surface area contributed by atoms with E-state index in [1.165, 1.54) is 0 Å². The maximum absolute atomic E-state index is 3.05. The van der Waals surface area contributed by atoms with Gasteiger partial charge in [0.05, 0.1) is 0 Å². The van der Waals surface area contributed by atoms with Crippen LogP contribution in [0.15, 0.2) is 30.6 Å². The first-order valence-corrected chi connectivity index (χ1v) is 3.02. The van der Waals surface area contributed by atoms with Crippen molar-refractivity contribution in [1.29, 1.82) is 0 Å². The second kappa shape index (κ2) is 3.20. The molecule has 2 nitrogen and oxygen atoms in total. The molecular weight excluding hydrogens is 112 g/mol. The second-order valence-electron chi connectivity index (χ2n) is 1.90. The molecule has 0 amide bonds. The van der Waals surface area contributed by atoms with E-state index in [0.717, 1.165) is 6.67 Å². The second-order valence-corrected chi connectivity index (χ2v) is 1.90. The predicted molar refractivity (Wildman–Crippen MR) is 35.7 cm³/mol. The fourth-order valence-corrected chi connectivity index (χ4v) is 0.722. The minimum atomic E-state index is 0.876. The van der Waals surface area contributed by atoms with Gasteiger partial charge in [-0.05, 0) is 7.05 Å². The molecule has 0 aliphatic rings. The minimum absolute atomic E-state index is 0.876. The van der Waals surface area contributed by atoms with Crippen molar-refractivity contribution in [3.8, 4) is 0 Å². The zero-order chi connectivity index (χ0) is 6.53. The summed E-state index contributed by atoms with van der Waals surface area (Å²) < 4.78 is 2.07. The summed E-state index contributed by atoms with van der Waals surface area (Å²) in [6, 6.07) is 6.03. The van der Waals surface area contributed by atoms with Gasteiger partial charge in [0.25, 0.3) is 0 Å². The third-order valence-electron chi connectivity index (χ3n) is 1.12. The molecule has 1 heterocycles. The van der Waals surface area contributed by atoms with Gasteiger partial charge in [0.2, 0.25) is 6.67 Å². The van der Waals surface area contributed by atoms with Crippen LogP contribution in [0.5, 0.6) is 0 Å². The number of hydrogen-bond acceptors (Lipinski definition) is 1. The molecule has 0 radical (unpaired) electrons. The van der Waals surface area contributed by atoms with Crippen LogP contribution >= 0.6 is 0 Å². The summed E-state index contributed by atoms with van der Waals surface area (Å²) >= 11 is 0. The van der Waals surface area contributed by atoms with E-state index in [9.17, 15) is 0 Å². The lowest BCUT2D eigenvalue weighted by Gasteiger charge is -1.90. The monoisotopic (exact) mass is 123 g/mol. The quantitative estimate of drug-likeness (QED) is 0.553. The summed E-state index contributed by atoms with van der Waals surface area (Å²) in [5.41, 5.74) is 0. The van der Waals surface area contributed by atoms with Crippen molar-refractivity contribution in [3.63, 3.8) is 0 Å². The van der Waals surface area contributed by atoms with Crippen LogP contribution in [-0.4, -0.2) is 7.05 Å². The summed E-state index contributed by atoms with van der Waals surface area (Å²) in [5, 5.41) is 3.05. The molecule has 0 aromatic carbocycles. The SMILES string of the molecule is CNC[n+]1ccccc1. The first kappa shape index (κ1) is 6.23. The molecule has 1 aromatic rings. The molecule has 0 atom stereocenters. The Balaban J connectivity index is 2.61. The van der Waals surface area contributed by atoms with E-state index in [1.807, 2.05) is 37.6 Å². The van der Waals surface area contributed by atoms with Gasteiger partial charge in [-0.25, -0.2) is 0 Å². The van der Waals surface area contributed by atoms with E-state index in [-0.39, 0.29) is 0 Å². The smallest absolute Gasteiger partial charge is 0.201 e. The molecule has 0 saturated heterocycles. The van der Waals surface area contributed by atoms with E-state index in [1.54, 1.807) is 0 Å². The van der Waals surface area contributed by atoms with Crippen LogP contribution in [0.2, 0.25) is 0 Å². The van der Waals surface area contributed by atoms with Crippen LogP contribution in [0.3, 0.4) is 0 Å². The molecule has 0 aliphatic carbocycles.